The first kappa shape index (κ1) is 15.3. The molecule has 0 saturated heterocycles. The third-order valence-corrected chi connectivity index (χ3v) is 4.16. The largest absolute Gasteiger partial charge is 0.481 e. The van der Waals surface area contributed by atoms with Crippen LogP contribution in [0.5, 0.6) is 0 Å². The van der Waals surface area contributed by atoms with Crippen molar-refractivity contribution in [1.82, 2.24) is 5.32 Å². The molecule has 1 aliphatic rings. The first-order valence-electron chi connectivity index (χ1n) is 6.07. The zero-order valence-corrected chi connectivity index (χ0v) is 11.6. The standard InChI is InChI=1S/C12H21NO4S/c1-12(17,7-18-2)6-13-10(14)8-3-4-9(5-8)11(15)16/h8-9,17H,3-7H2,1-2H3,(H,13,14)(H,15,16). The van der Waals surface area contributed by atoms with Crippen LogP contribution >= 0.6 is 11.8 Å². The molecule has 3 N–H and O–H groups in total. The van der Waals surface area contributed by atoms with Crippen LogP contribution in [0.15, 0.2) is 0 Å². The van der Waals surface area contributed by atoms with E-state index in [1.54, 1.807) is 6.92 Å². The van der Waals surface area contributed by atoms with E-state index in [1.165, 1.54) is 11.8 Å². The van der Waals surface area contributed by atoms with Crippen molar-refractivity contribution in [2.45, 2.75) is 31.8 Å². The third kappa shape index (κ3) is 4.49. The molecule has 3 unspecified atom stereocenters. The quantitative estimate of drug-likeness (QED) is 0.665. The third-order valence-electron chi connectivity index (χ3n) is 3.25. The number of rotatable bonds is 6. The van der Waals surface area contributed by atoms with Gasteiger partial charge in [-0.2, -0.15) is 11.8 Å². The number of hydrogen-bond donors (Lipinski definition) is 3. The molecule has 1 aliphatic carbocycles. The number of hydrogen-bond acceptors (Lipinski definition) is 4. The lowest BCUT2D eigenvalue weighted by Gasteiger charge is -2.23. The van der Waals surface area contributed by atoms with Gasteiger partial charge in [-0.1, -0.05) is 0 Å². The van der Waals surface area contributed by atoms with Crippen LogP contribution in [0, 0.1) is 11.8 Å². The van der Waals surface area contributed by atoms with E-state index in [0.717, 1.165) is 0 Å². The highest BCUT2D eigenvalue weighted by atomic mass is 32.2. The van der Waals surface area contributed by atoms with E-state index >= 15 is 0 Å². The zero-order valence-electron chi connectivity index (χ0n) is 10.8. The van der Waals surface area contributed by atoms with Gasteiger partial charge in [0.25, 0.3) is 0 Å². The molecule has 1 rings (SSSR count). The van der Waals surface area contributed by atoms with Crippen molar-refractivity contribution in [3.05, 3.63) is 0 Å². The fraction of sp³-hybridized carbons (Fsp3) is 0.833. The summed E-state index contributed by atoms with van der Waals surface area (Å²) >= 11 is 1.52. The van der Waals surface area contributed by atoms with Gasteiger partial charge >= 0.3 is 5.97 Å². The van der Waals surface area contributed by atoms with Gasteiger partial charge in [-0.3, -0.25) is 9.59 Å². The van der Waals surface area contributed by atoms with Crippen LogP contribution < -0.4 is 5.32 Å². The highest BCUT2D eigenvalue weighted by molar-refractivity contribution is 7.98. The summed E-state index contributed by atoms with van der Waals surface area (Å²) < 4.78 is 0. The molecule has 104 valence electrons. The van der Waals surface area contributed by atoms with Gasteiger partial charge in [-0.05, 0) is 32.4 Å². The molecule has 0 spiro atoms. The molecule has 5 nitrogen and oxygen atoms in total. The molecule has 0 aromatic heterocycles. The average molecular weight is 275 g/mol. The second-order valence-electron chi connectivity index (χ2n) is 5.19. The minimum atomic E-state index is -0.917. The monoisotopic (exact) mass is 275 g/mol. The van der Waals surface area contributed by atoms with Crippen molar-refractivity contribution in [2.24, 2.45) is 11.8 Å². The summed E-state index contributed by atoms with van der Waals surface area (Å²) in [5.41, 5.74) is -0.917. The van der Waals surface area contributed by atoms with Crippen molar-refractivity contribution < 1.29 is 19.8 Å². The van der Waals surface area contributed by atoms with Crippen LogP contribution in [-0.2, 0) is 9.59 Å². The predicted molar refractivity (Wildman–Crippen MR) is 70.5 cm³/mol. The second-order valence-corrected chi connectivity index (χ2v) is 6.06. The normalized spacial score (nSPS) is 26.6. The Morgan fingerprint density at radius 1 is 1.39 bits per heavy atom. The Bertz CT molecular complexity index is 319. The second kappa shape index (κ2) is 6.43. The first-order valence-corrected chi connectivity index (χ1v) is 7.47. The lowest BCUT2D eigenvalue weighted by molar-refractivity contribution is -0.141. The zero-order chi connectivity index (χ0) is 13.8. The summed E-state index contributed by atoms with van der Waals surface area (Å²) in [6, 6.07) is 0. The highest BCUT2D eigenvalue weighted by Crippen LogP contribution is 2.31. The number of nitrogens with one attached hydrogen (secondary N) is 1. The fourth-order valence-corrected chi connectivity index (χ4v) is 2.95. The van der Waals surface area contributed by atoms with Gasteiger partial charge in [0.1, 0.15) is 0 Å². The number of carboxylic acid groups (broad SMARTS) is 1. The van der Waals surface area contributed by atoms with Crippen molar-refractivity contribution in [1.29, 1.82) is 0 Å². The van der Waals surface area contributed by atoms with Gasteiger partial charge in [0, 0.05) is 18.2 Å². The van der Waals surface area contributed by atoms with Gasteiger partial charge in [-0.25, -0.2) is 0 Å². The maximum Gasteiger partial charge on any atom is 0.306 e. The van der Waals surface area contributed by atoms with E-state index in [2.05, 4.69) is 5.32 Å². The molecule has 3 atom stereocenters. The Balaban J connectivity index is 2.36. The molecule has 0 aromatic rings. The van der Waals surface area contributed by atoms with Gasteiger partial charge in [0.05, 0.1) is 11.5 Å². The van der Waals surface area contributed by atoms with Gasteiger partial charge < -0.3 is 15.5 Å². The smallest absolute Gasteiger partial charge is 0.306 e. The molecule has 0 aliphatic heterocycles. The molecule has 18 heavy (non-hydrogen) atoms. The summed E-state index contributed by atoms with van der Waals surface area (Å²) in [5.74, 6) is -1.03. The van der Waals surface area contributed by atoms with Crippen LogP contribution in [0.1, 0.15) is 26.2 Å². The molecule has 0 aromatic carbocycles. The topological polar surface area (TPSA) is 86.6 Å². The Morgan fingerprint density at radius 3 is 2.50 bits per heavy atom. The van der Waals surface area contributed by atoms with Gasteiger partial charge in [0.2, 0.25) is 5.91 Å². The minimum Gasteiger partial charge on any atom is -0.481 e. The molecule has 1 saturated carbocycles. The van der Waals surface area contributed by atoms with E-state index in [0.29, 0.717) is 25.0 Å². The van der Waals surface area contributed by atoms with Gasteiger partial charge in [0.15, 0.2) is 0 Å². The number of carbonyl (C=O) groups is 2. The molecule has 1 amide bonds. The molecular weight excluding hydrogens is 254 g/mol. The average Bonchev–Trinajstić information content (AvgIpc) is 2.75. The summed E-state index contributed by atoms with van der Waals surface area (Å²) in [5, 5.41) is 21.5. The number of aliphatic hydroxyl groups is 1. The predicted octanol–water partition coefficient (Wildman–Crippen LogP) is 0.717. The van der Waals surface area contributed by atoms with Crippen molar-refractivity contribution >= 4 is 23.6 Å². The van der Waals surface area contributed by atoms with Crippen LogP contribution in [0.3, 0.4) is 0 Å². The van der Waals surface area contributed by atoms with Crippen LogP contribution in [0.25, 0.3) is 0 Å². The minimum absolute atomic E-state index is 0.139. The van der Waals surface area contributed by atoms with Crippen molar-refractivity contribution in [2.75, 3.05) is 18.6 Å². The first-order chi connectivity index (χ1) is 8.35. The Hall–Kier alpha value is -0.750. The molecule has 0 bridgehead atoms. The lowest BCUT2D eigenvalue weighted by Crippen LogP contribution is -2.44. The maximum atomic E-state index is 11.8. The van der Waals surface area contributed by atoms with E-state index in [9.17, 15) is 14.7 Å². The van der Waals surface area contributed by atoms with Crippen LogP contribution in [0.4, 0.5) is 0 Å². The van der Waals surface area contributed by atoms with Crippen molar-refractivity contribution in [3.8, 4) is 0 Å². The number of amides is 1. The summed E-state index contributed by atoms with van der Waals surface area (Å²) in [6.07, 6.45) is 3.48. The SMILES string of the molecule is CSCC(C)(O)CNC(=O)C1CCC(C(=O)O)C1. The number of carboxylic acids is 1. The Labute approximate surface area is 111 Å². The maximum absolute atomic E-state index is 11.8. The summed E-state index contributed by atoms with van der Waals surface area (Å²) in [4.78, 5) is 22.6. The number of thioether (sulfide) groups is 1. The highest BCUT2D eigenvalue weighted by Gasteiger charge is 2.34. The summed E-state index contributed by atoms with van der Waals surface area (Å²) in [7, 11) is 0. The van der Waals surface area contributed by atoms with E-state index < -0.39 is 17.5 Å². The van der Waals surface area contributed by atoms with E-state index in [-0.39, 0.29) is 18.4 Å². The molecule has 0 radical (unpaired) electrons. The molecule has 6 heteroatoms. The van der Waals surface area contributed by atoms with Crippen LogP contribution in [-0.4, -0.2) is 46.2 Å². The van der Waals surface area contributed by atoms with E-state index in [4.69, 9.17) is 5.11 Å². The number of carbonyl (C=O) groups excluding carboxylic acids is 1. The lowest BCUT2D eigenvalue weighted by atomic mass is 10.0. The van der Waals surface area contributed by atoms with Crippen molar-refractivity contribution in [3.63, 3.8) is 0 Å². The van der Waals surface area contributed by atoms with Crippen LogP contribution in [0.2, 0.25) is 0 Å². The Morgan fingerprint density at radius 2 is 2.00 bits per heavy atom. The number of aliphatic carboxylic acids is 1. The van der Waals surface area contributed by atoms with E-state index in [1.807, 2.05) is 6.26 Å². The molecule has 0 heterocycles. The molecular formula is C12H21NO4S. The Kier molecular flexibility index (Phi) is 5.47. The summed E-state index contributed by atoms with van der Waals surface area (Å²) in [6.45, 7) is 1.89. The molecule has 1 fully saturated rings. The van der Waals surface area contributed by atoms with Gasteiger partial charge in [-0.15, -0.1) is 0 Å². The fourth-order valence-electron chi connectivity index (χ4n) is 2.23.